The van der Waals surface area contributed by atoms with Gasteiger partial charge in [-0.3, -0.25) is 9.78 Å². The fourth-order valence-electron chi connectivity index (χ4n) is 2.41. The number of hydrogen-bond acceptors (Lipinski definition) is 2. The van der Waals surface area contributed by atoms with Gasteiger partial charge < -0.3 is 4.57 Å². The topological polar surface area (TPSA) is 34.9 Å². The fraction of sp³-hybridized carbons (Fsp3) is 0.222. The number of ketones is 1. The number of rotatable bonds is 4. The van der Waals surface area contributed by atoms with E-state index in [4.69, 9.17) is 0 Å². The number of fused-ring (bicyclic) bond motifs is 1. The van der Waals surface area contributed by atoms with Crippen molar-refractivity contribution in [2.24, 2.45) is 5.92 Å². The largest absolute Gasteiger partial charge is 0.336 e. The van der Waals surface area contributed by atoms with E-state index in [1.165, 1.54) is 18.3 Å². The highest BCUT2D eigenvalue weighted by Gasteiger charge is 2.15. The lowest BCUT2D eigenvalue weighted by Gasteiger charge is -2.08. The summed E-state index contributed by atoms with van der Waals surface area (Å²) in [6, 6.07) is 7.78. The van der Waals surface area contributed by atoms with Gasteiger partial charge in [-0.05, 0) is 23.8 Å². The van der Waals surface area contributed by atoms with Crippen molar-refractivity contribution in [1.82, 2.24) is 9.55 Å². The quantitative estimate of drug-likeness (QED) is 0.723. The molecule has 0 fully saturated rings. The highest BCUT2D eigenvalue weighted by atomic mass is 19.1. The van der Waals surface area contributed by atoms with Crippen LogP contribution in [-0.2, 0) is 11.3 Å². The third-order valence-corrected chi connectivity index (χ3v) is 3.82. The van der Waals surface area contributed by atoms with E-state index >= 15 is 0 Å². The van der Waals surface area contributed by atoms with E-state index in [1.807, 2.05) is 13.8 Å². The van der Waals surface area contributed by atoms with Crippen LogP contribution in [0.3, 0.4) is 0 Å². The lowest BCUT2D eigenvalue weighted by molar-refractivity contribution is -0.122. The van der Waals surface area contributed by atoms with E-state index in [0.29, 0.717) is 5.52 Å². The molecule has 0 radical (unpaired) electrons. The average Bonchev–Trinajstić information content (AvgIpc) is 2.83. The highest BCUT2D eigenvalue weighted by molar-refractivity contribution is 5.85. The Hall–Kier alpha value is -2.56. The summed E-state index contributed by atoms with van der Waals surface area (Å²) in [5.41, 5.74) is 2.31. The zero-order valence-corrected chi connectivity index (χ0v) is 12.9. The van der Waals surface area contributed by atoms with Crippen LogP contribution >= 0.6 is 0 Å². The van der Waals surface area contributed by atoms with E-state index in [-0.39, 0.29) is 29.6 Å². The maximum absolute atomic E-state index is 14.0. The van der Waals surface area contributed by atoms with Crippen LogP contribution in [-0.4, -0.2) is 15.3 Å². The van der Waals surface area contributed by atoms with E-state index in [1.54, 1.807) is 29.0 Å². The van der Waals surface area contributed by atoms with Crippen molar-refractivity contribution in [3.8, 4) is 11.1 Å². The van der Waals surface area contributed by atoms with Crippen molar-refractivity contribution in [2.45, 2.75) is 20.4 Å². The lowest BCUT2D eigenvalue weighted by atomic mass is 10.1. The molecule has 0 N–H and O–H groups in total. The van der Waals surface area contributed by atoms with Crippen molar-refractivity contribution in [2.75, 3.05) is 0 Å². The summed E-state index contributed by atoms with van der Waals surface area (Å²) in [7, 11) is 0. The number of Topliss-reactive ketones (excluding diaryl/α,β-unsaturated/α-hetero) is 1. The molecule has 3 aromatic rings. The second-order valence-corrected chi connectivity index (χ2v) is 5.82. The first-order chi connectivity index (χ1) is 11.0. The van der Waals surface area contributed by atoms with Crippen LogP contribution in [0.5, 0.6) is 0 Å². The zero-order chi connectivity index (χ0) is 16.6. The minimum Gasteiger partial charge on any atom is -0.336 e. The third-order valence-electron chi connectivity index (χ3n) is 3.82. The molecule has 1 aromatic carbocycles. The van der Waals surface area contributed by atoms with Gasteiger partial charge in [0.15, 0.2) is 11.6 Å². The monoisotopic (exact) mass is 314 g/mol. The van der Waals surface area contributed by atoms with Gasteiger partial charge in [-0.1, -0.05) is 26.0 Å². The van der Waals surface area contributed by atoms with E-state index in [2.05, 4.69) is 4.98 Å². The molecule has 3 rings (SSSR count). The Labute approximate surface area is 132 Å². The van der Waals surface area contributed by atoms with Crippen LogP contribution in [0, 0.1) is 17.6 Å². The maximum Gasteiger partial charge on any atom is 0.167 e. The Morgan fingerprint density at radius 1 is 1.17 bits per heavy atom. The first-order valence-electron chi connectivity index (χ1n) is 7.38. The molecule has 23 heavy (non-hydrogen) atoms. The van der Waals surface area contributed by atoms with Gasteiger partial charge in [-0.2, -0.15) is 0 Å². The summed E-state index contributed by atoms with van der Waals surface area (Å²) >= 11 is 0. The molecule has 0 saturated heterocycles. The molecule has 0 unspecified atom stereocenters. The summed E-state index contributed by atoms with van der Waals surface area (Å²) in [6.45, 7) is 3.73. The van der Waals surface area contributed by atoms with E-state index < -0.39 is 5.82 Å². The SMILES string of the molecule is CC(C)C(=O)Cn1cc(F)c2ncc(-c3ccc(F)cc3)cc21. The summed E-state index contributed by atoms with van der Waals surface area (Å²) in [6.07, 6.45) is 2.85. The first kappa shape index (κ1) is 15.3. The molecule has 0 spiro atoms. The zero-order valence-electron chi connectivity index (χ0n) is 12.9. The molecular weight excluding hydrogens is 298 g/mol. The summed E-state index contributed by atoms with van der Waals surface area (Å²) in [5, 5.41) is 0. The molecule has 5 heteroatoms. The van der Waals surface area contributed by atoms with Crippen molar-refractivity contribution in [1.29, 1.82) is 0 Å². The number of aromatic nitrogens is 2. The van der Waals surface area contributed by atoms with Gasteiger partial charge in [0.1, 0.15) is 11.3 Å². The molecule has 0 saturated carbocycles. The van der Waals surface area contributed by atoms with Gasteiger partial charge in [0.2, 0.25) is 0 Å². The van der Waals surface area contributed by atoms with Crippen LogP contribution in [0.15, 0.2) is 42.7 Å². The maximum atomic E-state index is 14.0. The van der Waals surface area contributed by atoms with Crippen LogP contribution in [0.2, 0.25) is 0 Å². The second kappa shape index (κ2) is 5.91. The Bertz CT molecular complexity index is 867. The normalized spacial score (nSPS) is 11.3. The lowest BCUT2D eigenvalue weighted by Crippen LogP contribution is -2.14. The van der Waals surface area contributed by atoms with Crippen LogP contribution in [0.25, 0.3) is 22.2 Å². The number of hydrogen-bond donors (Lipinski definition) is 0. The predicted octanol–water partition coefficient (Wildman–Crippen LogP) is 4.21. The van der Waals surface area contributed by atoms with Crippen molar-refractivity contribution in [3.05, 3.63) is 54.4 Å². The van der Waals surface area contributed by atoms with Crippen LogP contribution < -0.4 is 0 Å². The van der Waals surface area contributed by atoms with Gasteiger partial charge in [-0.25, -0.2) is 8.78 Å². The van der Waals surface area contributed by atoms with Gasteiger partial charge >= 0.3 is 0 Å². The Kier molecular flexibility index (Phi) is 3.94. The number of nitrogens with zero attached hydrogens (tertiary/aromatic N) is 2. The molecule has 118 valence electrons. The van der Waals surface area contributed by atoms with Crippen LogP contribution in [0.4, 0.5) is 8.78 Å². The highest BCUT2D eigenvalue weighted by Crippen LogP contribution is 2.25. The van der Waals surface area contributed by atoms with Crippen molar-refractivity contribution >= 4 is 16.8 Å². The van der Waals surface area contributed by atoms with Gasteiger partial charge in [0, 0.05) is 23.9 Å². The molecule has 0 bridgehead atoms. The molecule has 3 nitrogen and oxygen atoms in total. The van der Waals surface area contributed by atoms with Crippen LogP contribution in [0.1, 0.15) is 13.8 Å². The summed E-state index contributed by atoms with van der Waals surface area (Å²) in [5.74, 6) is -0.875. The number of carbonyl (C=O) groups is 1. The first-order valence-corrected chi connectivity index (χ1v) is 7.38. The smallest absolute Gasteiger partial charge is 0.167 e. The number of carbonyl (C=O) groups excluding carboxylic acids is 1. The van der Waals surface area contributed by atoms with Crippen molar-refractivity contribution in [3.63, 3.8) is 0 Å². The summed E-state index contributed by atoms with van der Waals surface area (Å²) < 4.78 is 28.6. The molecule has 2 aromatic heterocycles. The standard InChI is InChI=1S/C18H16F2N2O/c1-11(2)17(23)10-22-9-15(20)18-16(22)7-13(8-21-18)12-3-5-14(19)6-4-12/h3-9,11H,10H2,1-2H3. The van der Waals surface area contributed by atoms with E-state index in [0.717, 1.165) is 11.1 Å². The summed E-state index contributed by atoms with van der Waals surface area (Å²) in [4.78, 5) is 16.1. The molecule has 0 atom stereocenters. The fourth-order valence-corrected chi connectivity index (χ4v) is 2.41. The molecule has 0 aliphatic rings. The van der Waals surface area contributed by atoms with Gasteiger partial charge in [0.25, 0.3) is 0 Å². The molecule has 0 aliphatic heterocycles. The van der Waals surface area contributed by atoms with E-state index in [9.17, 15) is 13.6 Å². The Balaban J connectivity index is 2.07. The number of benzene rings is 1. The minimum absolute atomic E-state index is 0.0223. The molecule has 2 heterocycles. The minimum atomic E-state index is -0.456. The third kappa shape index (κ3) is 2.99. The molecule has 0 amide bonds. The average molecular weight is 314 g/mol. The Morgan fingerprint density at radius 2 is 1.87 bits per heavy atom. The van der Waals surface area contributed by atoms with Crippen molar-refractivity contribution < 1.29 is 13.6 Å². The van der Waals surface area contributed by atoms with Gasteiger partial charge in [-0.15, -0.1) is 0 Å². The number of pyridine rings is 1. The second-order valence-electron chi connectivity index (χ2n) is 5.82. The molecular formula is C18H16F2N2O. The number of halogens is 2. The predicted molar refractivity (Wildman–Crippen MR) is 84.9 cm³/mol. The Morgan fingerprint density at radius 3 is 2.52 bits per heavy atom. The van der Waals surface area contributed by atoms with Gasteiger partial charge in [0.05, 0.1) is 12.1 Å². The molecule has 0 aliphatic carbocycles.